The van der Waals surface area contributed by atoms with E-state index in [9.17, 15) is 19.7 Å². The number of nitro groups is 1. The Morgan fingerprint density at radius 1 is 1.19 bits per heavy atom. The lowest BCUT2D eigenvalue weighted by molar-refractivity contribution is -0.551. The van der Waals surface area contributed by atoms with Crippen molar-refractivity contribution in [3.05, 3.63) is 70.0 Å². The van der Waals surface area contributed by atoms with Crippen LogP contribution in [0.3, 0.4) is 0 Å². The van der Waals surface area contributed by atoms with E-state index in [0.717, 1.165) is 10.5 Å². The van der Waals surface area contributed by atoms with Gasteiger partial charge in [-0.2, -0.15) is 0 Å². The summed E-state index contributed by atoms with van der Waals surface area (Å²) in [6, 6.07) is 11.0. The average molecular weight is 435 g/mol. The van der Waals surface area contributed by atoms with Gasteiger partial charge >= 0.3 is 17.9 Å². The topological polar surface area (TPSA) is 125 Å². The first-order valence-corrected chi connectivity index (χ1v) is 9.63. The highest BCUT2D eigenvalue weighted by atomic mass is 16.6. The van der Waals surface area contributed by atoms with E-state index >= 15 is 0 Å². The second kappa shape index (κ2) is 8.38. The van der Waals surface area contributed by atoms with Gasteiger partial charge in [0.1, 0.15) is 16.9 Å². The molecule has 0 bridgehead atoms. The standard InChI is InChI=1S/C21H19N6O5/c1-24-18-17(19(28)25(2)21(24)29)26(13-14-7-4-3-5-8-14)20(23-18)22-12-6-9-15-10-11-16(32-15)27(30)31/h3-12,17H,13H2,1-2H3/q+1/b9-6+. The Morgan fingerprint density at radius 2 is 1.94 bits per heavy atom. The summed E-state index contributed by atoms with van der Waals surface area (Å²) in [5.41, 5.74) is 0.949. The summed E-state index contributed by atoms with van der Waals surface area (Å²) in [5, 5.41) is 10.7. The number of hydrogen-bond acceptors (Lipinski definition) is 7. The van der Waals surface area contributed by atoms with Crippen LogP contribution in [0.4, 0.5) is 10.7 Å². The maximum atomic E-state index is 12.9. The molecule has 0 aliphatic carbocycles. The minimum absolute atomic E-state index is 0.271. The molecule has 2 aliphatic heterocycles. The van der Waals surface area contributed by atoms with E-state index in [0.29, 0.717) is 18.1 Å². The third-order valence-corrected chi connectivity index (χ3v) is 5.03. The number of furan rings is 1. The van der Waals surface area contributed by atoms with Gasteiger partial charge in [-0.3, -0.25) is 24.7 Å². The molecule has 4 rings (SSSR count). The van der Waals surface area contributed by atoms with Gasteiger partial charge < -0.3 is 4.42 Å². The maximum Gasteiger partial charge on any atom is 0.433 e. The van der Waals surface area contributed by atoms with Crippen molar-refractivity contribution in [2.75, 3.05) is 14.1 Å². The summed E-state index contributed by atoms with van der Waals surface area (Å²) in [6.45, 7) is 0.362. The monoisotopic (exact) mass is 435 g/mol. The molecule has 0 spiro atoms. The van der Waals surface area contributed by atoms with Crippen LogP contribution in [0.25, 0.3) is 6.08 Å². The van der Waals surface area contributed by atoms with Crippen LogP contribution in [0.15, 0.2) is 62.9 Å². The molecule has 11 heteroatoms. The number of carbonyl (C=O) groups is 2. The van der Waals surface area contributed by atoms with Gasteiger partial charge in [-0.1, -0.05) is 40.3 Å². The lowest BCUT2D eigenvalue weighted by Gasteiger charge is -2.31. The van der Waals surface area contributed by atoms with E-state index in [1.165, 1.54) is 36.4 Å². The number of guanidine groups is 1. The van der Waals surface area contributed by atoms with Crippen molar-refractivity contribution in [1.29, 1.82) is 0 Å². The molecule has 1 atom stereocenters. The van der Waals surface area contributed by atoms with Crippen LogP contribution in [0, 0.1) is 10.1 Å². The molecule has 3 amide bonds. The van der Waals surface area contributed by atoms with E-state index in [2.05, 4.69) is 9.98 Å². The maximum absolute atomic E-state index is 12.9. The van der Waals surface area contributed by atoms with E-state index in [-0.39, 0.29) is 17.8 Å². The molecular weight excluding hydrogens is 416 g/mol. The summed E-state index contributed by atoms with van der Waals surface area (Å²) in [4.78, 5) is 46.5. The highest BCUT2D eigenvalue weighted by Gasteiger charge is 2.51. The lowest BCUT2D eigenvalue weighted by Crippen LogP contribution is -2.61. The number of allylic oxidation sites excluding steroid dienone is 1. The van der Waals surface area contributed by atoms with Crippen molar-refractivity contribution in [2.24, 2.45) is 9.98 Å². The van der Waals surface area contributed by atoms with Gasteiger partial charge in [0.05, 0.1) is 12.6 Å². The van der Waals surface area contributed by atoms with Gasteiger partial charge in [0.2, 0.25) is 11.9 Å². The Balaban J connectivity index is 1.65. The number of aliphatic imine (C=N–C) groups is 2. The third-order valence-electron chi connectivity index (χ3n) is 5.03. The van der Waals surface area contributed by atoms with E-state index in [1.807, 2.05) is 30.3 Å². The van der Waals surface area contributed by atoms with E-state index < -0.39 is 17.0 Å². The van der Waals surface area contributed by atoms with Crippen LogP contribution in [-0.4, -0.2) is 69.4 Å². The number of amidine groups is 1. The van der Waals surface area contributed by atoms with Gasteiger partial charge in [0.25, 0.3) is 5.91 Å². The fraction of sp³-hybridized carbons (Fsp3) is 0.190. The highest BCUT2D eigenvalue weighted by molar-refractivity contribution is 6.23. The Hall–Kier alpha value is -4.41. The van der Waals surface area contributed by atoms with Crippen LogP contribution >= 0.6 is 0 Å². The number of amides is 3. The molecule has 0 radical (unpaired) electrons. The Bertz CT molecular complexity index is 1210. The average Bonchev–Trinajstić information content (AvgIpc) is 3.40. The Morgan fingerprint density at radius 3 is 2.62 bits per heavy atom. The van der Waals surface area contributed by atoms with Gasteiger partial charge in [0, 0.05) is 14.1 Å². The molecule has 11 nitrogen and oxygen atoms in total. The number of likely N-dealkylation sites (N-methyl/N-ethyl adjacent to an activating group) is 2. The molecule has 0 saturated carbocycles. The van der Waals surface area contributed by atoms with Gasteiger partial charge in [-0.25, -0.2) is 9.37 Å². The number of nitrogens with zero attached hydrogens (tertiary/aromatic N) is 6. The predicted molar refractivity (Wildman–Crippen MR) is 115 cm³/mol. The predicted octanol–water partition coefficient (Wildman–Crippen LogP) is 2.14. The summed E-state index contributed by atoms with van der Waals surface area (Å²) in [5.74, 6) is 0.139. The number of fused-ring (bicyclic) bond motifs is 1. The van der Waals surface area contributed by atoms with E-state index in [4.69, 9.17) is 4.42 Å². The second-order valence-electron chi connectivity index (χ2n) is 7.10. The zero-order valence-corrected chi connectivity index (χ0v) is 17.3. The second-order valence-corrected chi connectivity index (χ2v) is 7.10. The Labute approximate surface area is 182 Å². The number of hydrogen-bond donors (Lipinski definition) is 0. The molecule has 2 aromatic rings. The molecule has 2 aliphatic rings. The molecular formula is C21H19N6O5+. The van der Waals surface area contributed by atoms with Crippen molar-refractivity contribution in [3.63, 3.8) is 0 Å². The molecule has 162 valence electrons. The van der Waals surface area contributed by atoms with Gasteiger partial charge in [-0.05, 0) is 23.8 Å². The Kier molecular flexibility index (Phi) is 5.46. The van der Waals surface area contributed by atoms with Crippen molar-refractivity contribution in [1.82, 2.24) is 9.80 Å². The quantitative estimate of drug-likeness (QED) is 0.308. The van der Waals surface area contributed by atoms with E-state index in [1.54, 1.807) is 17.7 Å². The normalized spacial score (nSPS) is 18.8. The first-order chi connectivity index (χ1) is 15.4. The molecule has 1 aromatic carbocycles. The zero-order chi connectivity index (χ0) is 22.8. The molecule has 1 unspecified atom stereocenters. The number of rotatable bonds is 5. The lowest BCUT2D eigenvalue weighted by atomic mass is 10.1. The molecule has 0 N–H and O–H groups in total. The van der Waals surface area contributed by atoms with Crippen LogP contribution in [0.1, 0.15) is 11.3 Å². The molecule has 1 aromatic heterocycles. The molecule has 3 heterocycles. The fourth-order valence-corrected chi connectivity index (χ4v) is 3.41. The van der Waals surface area contributed by atoms with Gasteiger partial charge in [0.15, 0.2) is 0 Å². The smallest absolute Gasteiger partial charge is 0.401 e. The largest absolute Gasteiger partial charge is 0.433 e. The van der Waals surface area contributed by atoms with Gasteiger partial charge in [-0.15, -0.1) is 0 Å². The summed E-state index contributed by atoms with van der Waals surface area (Å²) in [7, 11) is 3.00. The van der Waals surface area contributed by atoms with Crippen LogP contribution in [0.2, 0.25) is 0 Å². The van der Waals surface area contributed by atoms with Crippen molar-refractivity contribution < 1.29 is 23.5 Å². The summed E-state index contributed by atoms with van der Waals surface area (Å²) >= 11 is 0. The first-order valence-electron chi connectivity index (χ1n) is 9.63. The van der Waals surface area contributed by atoms with Crippen molar-refractivity contribution in [2.45, 2.75) is 12.6 Å². The molecule has 1 saturated heterocycles. The minimum Gasteiger partial charge on any atom is -0.401 e. The SMILES string of the molecule is CN1C(=O)C2C(=NC(/N=C/C=C/c3ccc([N+](=O)[O-])o3)=[N+]2Cc2ccccc2)N(C)C1=O. The van der Waals surface area contributed by atoms with Crippen molar-refractivity contribution in [3.8, 4) is 0 Å². The fourth-order valence-electron chi connectivity index (χ4n) is 3.41. The zero-order valence-electron chi connectivity index (χ0n) is 17.3. The number of imide groups is 1. The number of carbonyl (C=O) groups excluding carboxylic acids is 2. The minimum atomic E-state index is -0.772. The number of benzene rings is 1. The highest BCUT2D eigenvalue weighted by Crippen LogP contribution is 2.21. The van der Waals surface area contributed by atoms with Crippen molar-refractivity contribution >= 4 is 41.9 Å². The van der Waals surface area contributed by atoms with Crippen LogP contribution in [0.5, 0.6) is 0 Å². The van der Waals surface area contributed by atoms with Crippen LogP contribution in [-0.2, 0) is 11.3 Å². The first kappa shape index (κ1) is 20.8. The molecule has 1 fully saturated rings. The third kappa shape index (κ3) is 3.83. The molecule has 32 heavy (non-hydrogen) atoms. The summed E-state index contributed by atoms with van der Waals surface area (Å²) in [6.07, 6.45) is 4.50. The van der Waals surface area contributed by atoms with Crippen LogP contribution < -0.4 is 0 Å². The number of urea groups is 1. The summed E-state index contributed by atoms with van der Waals surface area (Å²) < 4.78 is 6.79.